The Morgan fingerprint density at radius 3 is 2.81 bits per heavy atom. The number of rotatable bonds is 6. The summed E-state index contributed by atoms with van der Waals surface area (Å²) in [5.74, 6) is 0. The third kappa shape index (κ3) is 5.13. The van der Waals surface area contributed by atoms with Gasteiger partial charge in [-0.25, -0.2) is 0 Å². The van der Waals surface area contributed by atoms with Crippen LogP contribution in [0.25, 0.3) is 0 Å². The number of aliphatic hydroxyl groups is 1. The van der Waals surface area contributed by atoms with E-state index in [0.717, 1.165) is 5.56 Å². The lowest BCUT2D eigenvalue weighted by Gasteiger charge is -2.06. The Morgan fingerprint density at radius 2 is 2.19 bits per heavy atom. The first-order valence-electron chi connectivity index (χ1n) is 4.91. The lowest BCUT2D eigenvalue weighted by Crippen LogP contribution is -2.21. The van der Waals surface area contributed by atoms with Crippen LogP contribution < -0.4 is 5.32 Å². The molecule has 0 aliphatic rings. The summed E-state index contributed by atoms with van der Waals surface area (Å²) in [6.45, 7) is 0.626. The van der Waals surface area contributed by atoms with Gasteiger partial charge in [0.2, 0.25) is 0 Å². The van der Waals surface area contributed by atoms with E-state index in [2.05, 4.69) is 10.4 Å². The van der Waals surface area contributed by atoms with E-state index in [1.165, 1.54) is 0 Å². The fourth-order valence-corrected chi connectivity index (χ4v) is 1.19. The van der Waals surface area contributed by atoms with Crippen molar-refractivity contribution < 1.29 is 18.3 Å². The van der Waals surface area contributed by atoms with Crippen LogP contribution in [0.4, 0.5) is 13.2 Å². The van der Waals surface area contributed by atoms with Crippen LogP contribution in [-0.2, 0) is 13.1 Å². The van der Waals surface area contributed by atoms with Gasteiger partial charge in [0.15, 0.2) is 0 Å². The van der Waals surface area contributed by atoms with Crippen molar-refractivity contribution in [2.75, 3.05) is 13.2 Å². The summed E-state index contributed by atoms with van der Waals surface area (Å²) in [5, 5.41) is 15.2. The van der Waals surface area contributed by atoms with Gasteiger partial charge in [0.1, 0.15) is 0 Å². The molecule has 2 N–H and O–H groups in total. The van der Waals surface area contributed by atoms with E-state index in [1.54, 1.807) is 17.1 Å². The third-order valence-electron chi connectivity index (χ3n) is 1.93. The predicted molar refractivity (Wildman–Crippen MR) is 51.7 cm³/mol. The SMILES string of the molecule is OCCn1cc(CNCCC(F)(F)F)cn1. The highest BCUT2D eigenvalue weighted by Crippen LogP contribution is 2.18. The van der Waals surface area contributed by atoms with E-state index in [9.17, 15) is 13.2 Å². The predicted octanol–water partition coefficient (Wildman–Crippen LogP) is 0.917. The molecule has 92 valence electrons. The van der Waals surface area contributed by atoms with E-state index < -0.39 is 12.6 Å². The molecule has 7 heteroatoms. The molecular weight excluding hydrogens is 223 g/mol. The fourth-order valence-electron chi connectivity index (χ4n) is 1.19. The average Bonchev–Trinajstić information content (AvgIpc) is 2.60. The van der Waals surface area contributed by atoms with Gasteiger partial charge in [0.05, 0.1) is 25.8 Å². The van der Waals surface area contributed by atoms with Crippen molar-refractivity contribution in [1.82, 2.24) is 15.1 Å². The molecule has 16 heavy (non-hydrogen) atoms. The van der Waals surface area contributed by atoms with Crippen LogP contribution in [0.2, 0.25) is 0 Å². The first-order chi connectivity index (χ1) is 7.51. The molecule has 1 aromatic heterocycles. The lowest BCUT2D eigenvalue weighted by atomic mass is 10.3. The molecular formula is C9H14F3N3O. The van der Waals surface area contributed by atoms with Crippen molar-refractivity contribution in [3.63, 3.8) is 0 Å². The van der Waals surface area contributed by atoms with Crippen LogP contribution in [-0.4, -0.2) is 34.2 Å². The number of nitrogens with zero attached hydrogens (tertiary/aromatic N) is 2. The van der Waals surface area contributed by atoms with Gasteiger partial charge in [-0.15, -0.1) is 0 Å². The molecule has 0 fully saturated rings. The number of alkyl halides is 3. The van der Waals surface area contributed by atoms with Crippen LogP contribution in [0.5, 0.6) is 0 Å². The summed E-state index contributed by atoms with van der Waals surface area (Å²) in [7, 11) is 0. The number of aromatic nitrogens is 2. The smallest absolute Gasteiger partial charge is 0.390 e. The largest absolute Gasteiger partial charge is 0.394 e. The summed E-state index contributed by atoms with van der Waals surface area (Å²) < 4.78 is 36.9. The molecule has 1 rings (SSSR count). The molecule has 1 aromatic rings. The second kappa shape index (κ2) is 5.86. The van der Waals surface area contributed by atoms with E-state index in [4.69, 9.17) is 5.11 Å². The van der Waals surface area contributed by atoms with Gasteiger partial charge >= 0.3 is 6.18 Å². The maximum Gasteiger partial charge on any atom is 0.390 e. The Bertz CT molecular complexity index is 311. The first kappa shape index (κ1) is 13.0. The Labute approximate surface area is 91.1 Å². The van der Waals surface area contributed by atoms with E-state index in [0.29, 0.717) is 13.1 Å². The topological polar surface area (TPSA) is 50.1 Å². The van der Waals surface area contributed by atoms with Crippen molar-refractivity contribution in [1.29, 1.82) is 0 Å². The summed E-state index contributed by atoms with van der Waals surface area (Å²) >= 11 is 0. The second-order valence-corrected chi connectivity index (χ2v) is 3.38. The normalized spacial score (nSPS) is 12.0. The number of hydrogen-bond donors (Lipinski definition) is 2. The zero-order chi connectivity index (χ0) is 12.0. The number of halogens is 3. The Hall–Kier alpha value is -1.08. The number of nitrogens with one attached hydrogen (secondary N) is 1. The van der Waals surface area contributed by atoms with Gasteiger partial charge in [-0.05, 0) is 0 Å². The molecule has 0 radical (unpaired) electrons. The summed E-state index contributed by atoms with van der Waals surface area (Å²) in [5.41, 5.74) is 0.802. The van der Waals surface area contributed by atoms with Gasteiger partial charge in [-0.1, -0.05) is 0 Å². The van der Waals surface area contributed by atoms with Crippen molar-refractivity contribution in [2.45, 2.75) is 25.7 Å². The van der Waals surface area contributed by atoms with Crippen molar-refractivity contribution in [3.05, 3.63) is 18.0 Å². The number of hydrogen-bond acceptors (Lipinski definition) is 3. The molecule has 0 atom stereocenters. The van der Waals surface area contributed by atoms with Gasteiger partial charge in [0, 0.05) is 24.8 Å². The average molecular weight is 237 g/mol. The molecule has 0 bridgehead atoms. The summed E-state index contributed by atoms with van der Waals surface area (Å²) in [6.07, 6.45) is -1.70. The quantitative estimate of drug-likeness (QED) is 0.723. The van der Waals surface area contributed by atoms with Crippen molar-refractivity contribution in [2.24, 2.45) is 0 Å². The first-order valence-corrected chi connectivity index (χ1v) is 4.91. The van der Waals surface area contributed by atoms with Crippen LogP contribution in [0.1, 0.15) is 12.0 Å². The molecule has 0 aliphatic carbocycles. The summed E-state index contributed by atoms with van der Waals surface area (Å²) in [6, 6.07) is 0. The van der Waals surface area contributed by atoms with Gasteiger partial charge in [-0.3, -0.25) is 4.68 Å². The van der Waals surface area contributed by atoms with Crippen LogP contribution in [0.15, 0.2) is 12.4 Å². The summed E-state index contributed by atoms with van der Waals surface area (Å²) in [4.78, 5) is 0. The zero-order valence-electron chi connectivity index (χ0n) is 8.67. The minimum absolute atomic E-state index is 0.0113. The fraction of sp³-hybridized carbons (Fsp3) is 0.667. The van der Waals surface area contributed by atoms with Crippen molar-refractivity contribution in [3.8, 4) is 0 Å². The van der Waals surface area contributed by atoms with Gasteiger partial charge in [0.25, 0.3) is 0 Å². The van der Waals surface area contributed by atoms with Crippen LogP contribution in [0.3, 0.4) is 0 Å². The van der Waals surface area contributed by atoms with Crippen LogP contribution >= 0.6 is 0 Å². The minimum atomic E-state index is -4.12. The standard InChI is InChI=1S/C9H14F3N3O/c10-9(11,12)1-2-13-5-8-6-14-15(7-8)3-4-16/h6-7,13,16H,1-5H2. The highest BCUT2D eigenvalue weighted by Gasteiger charge is 2.25. The third-order valence-corrected chi connectivity index (χ3v) is 1.93. The second-order valence-electron chi connectivity index (χ2n) is 3.38. The maximum atomic E-state index is 11.8. The molecule has 0 unspecified atom stereocenters. The lowest BCUT2D eigenvalue weighted by molar-refractivity contribution is -0.133. The molecule has 1 heterocycles. The monoisotopic (exact) mass is 237 g/mol. The highest BCUT2D eigenvalue weighted by molar-refractivity contribution is 5.03. The Morgan fingerprint density at radius 1 is 1.44 bits per heavy atom. The van der Waals surface area contributed by atoms with Gasteiger partial charge in [-0.2, -0.15) is 18.3 Å². The van der Waals surface area contributed by atoms with Crippen molar-refractivity contribution >= 4 is 0 Å². The Kier molecular flexibility index (Phi) is 4.75. The van der Waals surface area contributed by atoms with E-state index in [1.807, 2.05) is 0 Å². The minimum Gasteiger partial charge on any atom is -0.394 e. The molecule has 0 aromatic carbocycles. The van der Waals surface area contributed by atoms with E-state index in [-0.39, 0.29) is 13.2 Å². The molecule has 0 aliphatic heterocycles. The Balaban J connectivity index is 2.21. The molecule has 0 amide bonds. The maximum absolute atomic E-state index is 11.8. The molecule has 4 nitrogen and oxygen atoms in total. The zero-order valence-corrected chi connectivity index (χ0v) is 8.67. The van der Waals surface area contributed by atoms with Gasteiger partial charge < -0.3 is 10.4 Å². The molecule has 0 spiro atoms. The molecule has 0 saturated carbocycles. The molecule has 0 saturated heterocycles. The highest BCUT2D eigenvalue weighted by atomic mass is 19.4. The van der Waals surface area contributed by atoms with Crippen LogP contribution in [0, 0.1) is 0 Å². The number of aliphatic hydroxyl groups excluding tert-OH is 1. The van der Waals surface area contributed by atoms with E-state index >= 15 is 0 Å².